The Hall–Kier alpha value is -1.34. The molecule has 0 aliphatic carbocycles. The summed E-state index contributed by atoms with van der Waals surface area (Å²) in [6, 6.07) is 3.26. The van der Waals surface area contributed by atoms with Gasteiger partial charge < -0.3 is 15.8 Å². The summed E-state index contributed by atoms with van der Waals surface area (Å²) in [7, 11) is 1.67. The summed E-state index contributed by atoms with van der Waals surface area (Å²) in [5.41, 5.74) is 6.42. The molecule has 0 aliphatic rings. The number of nitrogens with one attached hydrogen (secondary N) is 1. The summed E-state index contributed by atoms with van der Waals surface area (Å²) in [5.74, 6) is 0.388. The quantitative estimate of drug-likeness (QED) is 0.814. The van der Waals surface area contributed by atoms with Gasteiger partial charge in [-0.15, -0.1) is 0 Å². The van der Waals surface area contributed by atoms with E-state index in [0.717, 1.165) is 5.56 Å². The lowest BCUT2D eigenvalue weighted by atomic mass is 10.1. The van der Waals surface area contributed by atoms with Crippen LogP contribution in [0.3, 0.4) is 0 Å². The van der Waals surface area contributed by atoms with E-state index in [-0.39, 0.29) is 12.6 Å². The zero-order valence-electron chi connectivity index (χ0n) is 10.00. The van der Waals surface area contributed by atoms with Crippen LogP contribution in [0.25, 0.3) is 0 Å². The van der Waals surface area contributed by atoms with Crippen molar-refractivity contribution in [2.24, 2.45) is 0 Å². The summed E-state index contributed by atoms with van der Waals surface area (Å²) >= 11 is 0. The summed E-state index contributed by atoms with van der Waals surface area (Å²) < 4.78 is 40.4. The van der Waals surface area contributed by atoms with Crippen LogP contribution in [0, 0.1) is 0 Å². The van der Waals surface area contributed by atoms with Crippen LogP contribution < -0.4 is 11.1 Å². The maximum absolute atomic E-state index is 11.9. The molecule has 7 heteroatoms. The Morgan fingerprint density at radius 2 is 2.22 bits per heavy atom. The average molecular weight is 263 g/mol. The maximum Gasteiger partial charge on any atom is 0.411 e. The number of pyridine rings is 1. The van der Waals surface area contributed by atoms with E-state index in [1.54, 1.807) is 25.4 Å². The van der Waals surface area contributed by atoms with Gasteiger partial charge in [0.05, 0.1) is 6.61 Å². The first-order valence-corrected chi connectivity index (χ1v) is 5.43. The third kappa shape index (κ3) is 5.83. The first-order chi connectivity index (χ1) is 8.40. The number of hydrogen-bond acceptors (Lipinski definition) is 4. The van der Waals surface area contributed by atoms with Crippen LogP contribution in [0.15, 0.2) is 18.3 Å². The molecular formula is C11H16F3N3O. The molecule has 0 aromatic carbocycles. The molecule has 4 nitrogen and oxygen atoms in total. The third-order valence-electron chi connectivity index (χ3n) is 2.32. The summed E-state index contributed by atoms with van der Waals surface area (Å²) in [5, 5.41) is 2.90. The van der Waals surface area contributed by atoms with Crippen molar-refractivity contribution in [3.8, 4) is 0 Å². The van der Waals surface area contributed by atoms with Gasteiger partial charge in [-0.1, -0.05) is 0 Å². The number of nitrogen functional groups attached to an aromatic ring is 1. The number of anilines is 1. The van der Waals surface area contributed by atoms with E-state index in [1.807, 2.05) is 0 Å². The second kappa shape index (κ2) is 6.55. The van der Waals surface area contributed by atoms with Crippen LogP contribution in [0.4, 0.5) is 19.0 Å². The number of halogens is 3. The van der Waals surface area contributed by atoms with Gasteiger partial charge >= 0.3 is 6.18 Å². The van der Waals surface area contributed by atoms with Gasteiger partial charge in [-0.3, -0.25) is 0 Å². The molecular weight excluding hydrogens is 247 g/mol. The van der Waals surface area contributed by atoms with Crippen molar-refractivity contribution in [2.45, 2.75) is 18.6 Å². The van der Waals surface area contributed by atoms with Gasteiger partial charge in [0.1, 0.15) is 12.4 Å². The maximum atomic E-state index is 11.9. The van der Waals surface area contributed by atoms with Crippen molar-refractivity contribution in [2.75, 3.05) is 26.0 Å². The molecule has 1 rings (SSSR count). The normalized spacial score (nSPS) is 13.6. The van der Waals surface area contributed by atoms with Gasteiger partial charge in [-0.25, -0.2) is 4.98 Å². The van der Waals surface area contributed by atoms with Crippen molar-refractivity contribution in [1.29, 1.82) is 0 Å². The predicted molar refractivity (Wildman–Crippen MR) is 62.1 cm³/mol. The van der Waals surface area contributed by atoms with Crippen LogP contribution in [-0.4, -0.2) is 37.5 Å². The van der Waals surface area contributed by atoms with E-state index in [2.05, 4.69) is 15.0 Å². The molecule has 1 aromatic rings. The first kappa shape index (κ1) is 14.7. The van der Waals surface area contributed by atoms with Gasteiger partial charge in [0, 0.05) is 12.2 Å². The third-order valence-corrected chi connectivity index (χ3v) is 2.32. The highest BCUT2D eigenvalue weighted by Crippen LogP contribution is 2.15. The molecule has 1 aromatic heterocycles. The van der Waals surface area contributed by atoms with Gasteiger partial charge in [0.2, 0.25) is 0 Å². The topological polar surface area (TPSA) is 60.2 Å². The fourth-order valence-corrected chi connectivity index (χ4v) is 1.47. The fourth-order valence-electron chi connectivity index (χ4n) is 1.47. The lowest BCUT2D eigenvalue weighted by Gasteiger charge is -2.17. The molecule has 0 amide bonds. The molecule has 102 valence electrons. The van der Waals surface area contributed by atoms with E-state index < -0.39 is 12.8 Å². The van der Waals surface area contributed by atoms with Crippen LogP contribution in [0.1, 0.15) is 5.56 Å². The number of rotatable bonds is 6. The number of alkyl halides is 3. The summed E-state index contributed by atoms with van der Waals surface area (Å²) in [6.07, 6.45) is -2.20. The molecule has 3 N–H and O–H groups in total. The predicted octanol–water partition coefficient (Wildman–Crippen LogP) is 1.37. The Morgan fingerprint density at radius 3 is 2.78 bits per heavy atom. The highest BCUT2D eigenvalue weighted by Gasteiger charge is 2.27. The molecule has 1 atom stereocenters. The van der Waals surface area contributed by atoms with Gasteiger partial charge in [0.25, 0.3) is 0 Å². The molecule has 0 spiro atoms. The van der Waals surface area contributed by atoms with Crippen molar-refractivity contribution in [1.82, 2.24) is 10.3 Å². The first-order valence-electron chi connectivity index (χ1n) is 5.43. The lowest BCUT2D eigenvalue weighted by molar-refractivity contribution is -0.175. The molecule has 0 radical (unpaired) electrons. The number of likely N-dealkylation sites (N-methyl/N-ethyl adjacent to an activating group) is 1. The Balaban J connectivity index is 2.42. The molecule has 0 saturated heterocycles. The van der Waals surface area contributed by atoms with E-state index in [1.165, 1.54) is 0 Å². The minimum absolute atomic E-state index is 0.0156. The van der Waals surface area contributed by atoms with Crippen LogP contribution >= 0.6 is 0 Å². The highest BCUT2D eigenvalue weighted by molar-refractivity contribution is 5.32. The SMILES string of the molecule is CNC(COCC(F)(F)F)Cc1ccnc(N)c1. The fraction of sp³-hybridized carbons (Fsp3) is 0.545. The van der Waals surface area contributed by atoms with Crippen molar-refractivity contribution >= 4 is 5.82 Å². The van der Waals surface area contributed by atoms with Crippen LogP contribution in [-0.2, 0) is 11.2 Å². The Morgan fingerprint density at radius 1 is 1.50 bits per heavy atom. The Labute approximate surface area is 103 Å². The second-order valence-electron chi connectivity index (χ2n) is 3.91. The molecule has 0 saturated carbocycles. The Bertz CT molecular complexity index is 371. The van der Waals surface area contributed by atoms with Crippen LogP contribution in [0.5, 0.6) is 0 Å². The minimum atomic E-state index is -4.29. The number of hydrogen-bond donors (Lipinski definition) is 2. The van der Waals surface area contributed by atoms with E-state index in [9.17, 15) is 13.2 Å². The number of nitrogens with two attached hydrogens (primary N) is 1. The second-order valence-corrected chi connectivity index (χ2v) is 3.91. The minimum Gasteiger partial charge on any atom is -0.384 e. The lowest BCUT2D eigenvalue weighted by Crippen LogP contribution is -2.34. The molecule has 0 fully saturated rings. The largest absolute Gasteiger partial charge is 0.411 e. The monoisotopic (exact) mass is 263 g/mol. The van der Waals surface area contributed by atoms with Gasteiger partial charge in [0.15, 0.2) is 0 Å². The van der Waals surface area contributed by atoms with Crippen molar-refractivity contribution < 1.29 is 17.9 Å². The summed E-state index contributed by atoms with van der Waals surface area (Å²) in [4.78, 5) is 3.84. The van der Waals surface area contributed by atoms with E-state index in [4.69, 9.17) is 5.73 Å². The molecule has 18 heavy (non-hydrogen) atoms. The van der Waals surface area contributed by atoms with Crippen molar-refractivity contribution in [3.05, 3.63) is 23.9 Å². The Kier molecular flexibility index (Phi) is 5.36. The van der Waals surface area contributed by atoms with E-state index in [0.29, 0.717) is 12.2 Å². The zero-order chi connectivity index (χ0) is 13.6. The van der Waals surface area contributed by atoms with Crippen molar-refractivity contribution in [3.63, 3.8) is 0 Å². The number of nitrogens with zero attached hydrogens (tertiary/aromatic N) is 1. The van der Waals surface area contributed by atoms with E-state index >= 15 is 0 Å². The van der Waals surface area contributed by atoms with Gasteiger partial charge in [-0.2, -0.15) is 13.2 Å². The van der Waals surface area contributed by atoms with Crippen LogP contribution in [0.2, 0.25) is 0 Å². The number of ether oxygens (including phenoxy) is 1. The smallest absolute Gasteiger partial charge is 0.384 e. The molecule has 0 aliphatic heterocycles. The van der Waals surface area contributed by atoms with Gasteiger partial charge in [-0.05, 0) is 31.2 Å². The average Bonchev–Trinajstić information content (AvgIpc) is 2.26. The molecule has 1 heterocycles. The number of aromatic nitrogens is 1. The molecule has 0 bridgehead atoms. The highest BCUT2D eigenvalue weighted by atomic mass is 19.4. The standard InChI is InChI=1S/C11H16F3N3O/c1-16-9(6-18-7-11(12,13)14)4-8-2-3-17-10(15)5-8/h2-3,5,9,16H,4,6-7H2,1H3,(H2,15,17). The summed E-state index contributed by atoms with van der Waals surface area (Å²) in [6.45, 7) is -1.25. The zero-order valence-corrected chi connectivity index (χ0v) is 10.00. The molecule has 1 unspecified atom stereocenters.